The molecular weight excluding hydrogens is 358 g/mol. The van der Waals surface area contributed by atoms with Crippen molar-refractivity contribution in [3.05, 3.63) is 49.1 Å². The molecule has 0 bridgehead atoms. The van der Waals surface area contributed by atoms with Crippen molar-refractivity contribution in [2.24, 2.45) is 0 Å². The molecule has 0 saturated heterocycles. The summed E-state index contributed by atoms with van der Waals surface area (Å²) in [5.74, 6) is -0.0429. The molecule has 0 aliphatic heterocycles. The summed E-state index contributed by atoms with van der Waals surface area (Å²) in [4.78, 5) is 14.4. The van der Waals surface area contributed by atoms with Crippen LogP contribution in [0, 0.1) is 0 Å². The minimum atomic E-state index is -0.0429. The van der Waals surface area contributed by atoms with Crippen LogP contribution in [0.4, 0.5) is 5.69 Å². The number of benzene rings is 1. The van der Waals surface area contributed by atoms with Crippen LogP contribution in [0.25, 0.3) is 0 Å². The molecule has 0 radical (unpaired) electrons. The highest BCUT2D eigenvalue weighted by Gasteiger charge is 2.17. The molecule has 2 nitrogen and oxygen atoms in total. The highest BCUT2D eigenvalue weighted by Crippen LogP contribution is 2.31. The lowest BCUT2D eigenvalue weighted by Gasteiger charge is -2.08. The van der Waals surface area contributed by atoms with Crippen LogP contribution in [0.15, 0.2) is 28.7 Å². The lowest BCUT2D eigenvalue weighted by atomic mass is 9.99. The van der Waals surface area contributed by atoms with Gasteiger partial charge in [-0.25, -0.2) is 0 Å². The van der Waals surface area contributed by atoms with Gasteiger partial charge in [-0.1, -0.05) is 11.6 Å². The van der Waals surface area contributed by atoms with Crippen LogP contribution in [0.3, 0.4) is 0 Å². The number of nitrogens with one attached hydrogen (secondary N) is 1. The first-order chi connectivity index (χ1) is 9.63. The van der Waals surface area contributed by atoms with E-state index in [1.807, 2.05) is 12.1 Å². The minimum absolute atomic E-state index is 0.0429. The predicted octanol–water partition coefficient (Wildman–Crippen LogP) is 5.30. The monoisotopic (exact) mass is 369 g/mol. The molecule has 5 heteroatoms. The number of thiophene rings is 1. The largest absolute Gasteiger partial charge is 0.321 e. The second-order valence-corrected chi connectivity index (χ2v) is 7.25. The molecule has 104 valence electrons. The summed E-state index contributed by atoms with van der Waals surface area (Å²) in [5.41, 5.74) is 2.10. The van der Waals surface area contributed by atoms with Crippen molar-refractivity contribution in [3.8, 4) is 0 Å². The maximum atomic E-state index is 12.3. The van der Waals surface area contributed by atoms with Gasteiger partial charge in [0.25, 0.3) is 5.91 Å². The number of carbonyl (C=O) groups excluding carboxylic acids is 1. The lowest BCUT2D eigenvalue weighted by molar-refractivity contribution is 0.103. The molecular formula is C15H13BrClNOS. The summed E-state index contributed by atoms with van der Waals surface area (Å²) in [6, 6.07) is 7.42. The molecule has 1 aliphatic rings. The van der Waals surface area contributed by atoms with Gasteiger partial charge in [0.1, 0.15) is 0 Å². The van der Waals surface area contributed by atoms with Crippen LogP contribution in [0.2, 0.25) is 5.02 Å². The summed E-state index contributed by atoms with van der Waals surface area (Å²) in [6.07, 6.45) is 4.68. The molecule has 1 aromatic heterocycles. The summed E-state index contributed by atoms with van der Waals surface area (Å²) < 4.78 is 0.780. The van der Waals surface area contributed by atoms with Gasteiger partial charge >= 0.3 is 0 Å². The van der Waals surface area contributed by atoms with E-state index in [2.05, 4.69) is 21.2 Å². The number of aryl methyl sites for hydroxylation is 2. The molecule has 20 heavy (non-hydrogen) atoms. The quantitative estimate of drug-likeness (QED) is 0.764. The van der Waals surface area contributed by atoms with Gasteiger partial charge in [-0.15, -0.1) is 11.3 Å². The van der Waals surface area contributed by atoms with Gasteiger partial charge in [-0.05, 0) is 71.4 Å². The van der Waals surface area contributed by atoms with E-state index in [9.17, 15) is 4.79 Å². The third-order valence-corrected chi connectivity index (χ3v) is 5.85. The summed E-state index contributed by atoms with van der Waals surface area (Å²) >= 11 is 10.9. The van der Waals surface area contributed by atoms with Gasteiger partial charge in [0.15, 0.2) is 0 Å². The Kier molecular flexibility index (Phi) is 4.15. The molecule has 0 spiro atoms. The zero-order valence-corrected chi connectivity index (χ0v) is 13.9. The smallest absolute Gasteiger partial charge is 0.265 e. The first-order valence-corrected chi connectivity index (χ1v) is 8.50. The first kappa shape index (κ1) is 14.1. The van der Waals surface area contributed by atoms with Crippen LogP contribution < -0.4 is 5.32 Å². The predicted molar refractivity (Wildman–Crippen MR) is 88.1 cm³/mol. The van der Waals surface area contributed by atoms with Crippen LogP contribution in [-0.2, 0) is 12.8 Å². The highest BCUT2D eigenvalue weighted by molar-refractivity contribution is 9.10. The second kappa shape index (κ2) is 5.88. The Morgan fingerprint density at radius 2 is 2.05 bits per heavy atom. The Hall–Kier alpha value is -0.840. The molecule has 0 unspecified atom stereocenters. The molecule has 1 amide bonds. The van der Waals surface area contributed by atoms with Crippen molar-refractivity contribution < 1.29 is 4.79 Å². The van der Waals surface area contributed by atoms with Crippen molar-refractivity contribution in [1.29, 1.82) is 0 Å². The van der Waals surface area contributed by atoms with Crippen molar-refractivity contribution in [2.45, 2.75) is 25.7 Å². The summed E-state index contributed by atoms with van der Waals surface area (Å²) in [7, 11) is 0. The number of amides is 1. The van der Waals surface area contributed by atoms with Crippen molar-refractivity contribution in [2.75, 3.05) is 5.32 Å². The number of halogens is 2. The van der Waals surface area contributed by atoms with Crippen LogP contribution in [0.1, 0.15) is 33.0 Å². The van der Waals surface area contributed by atoms with E-state index in [-0.39, 0.29) is 5.91 Å². The van der Waals surface area contributed by atoms with Crippen LogP contribution in [-0.4, -0.2) is 5.91 Å². The molecule has 1 aliphatic carbocycles. The molecule has 1 N–H and O–H groups in total. The second-order valence-electron chi connectivity index (χ2n) is 4.85. The zero-order valence-electron chi connectivity index (χ0n) is 10.7. The van der Waals surface area contributed by atoms with E-state index < -0.39 is 0 Å². The third kappa shape index (κ3) is 2.92. The van der Waals surface area contributed by atoms with Gasteiger partial charge in [-0.3, -0.25) is 4.79 Å². The molecule has 0 atom stereocenters. The van der Waals surface area contributed by atoms with Gasteiger partial charge in [0.2, 0.25) is 0 Å². The van der Waals surface area contributed by atoms with Gasteiger partial charge in [0.05, 0.1) is 9.90 Å². The average Bonchev–Trinajstić information content (AvgIpc) is 2.87. The fourth-order valence-electron chi connectivity index (χ4n) is 2.37. The standard InChI is InChI=1S/C15H13BrClNOS/c16-11-8-10(5-6-12(11)17)18-15(19)14-7-9-3-1-2-4-13(9)20-14/h5-8H,1-4H2,(H,18,19). The molecule has 3 rings (SSSR count). The van der Waals surface area contributed by atoms with Gasteiger partial charge in [-0.2, -0.15) is 0 Å². The normalized spacial score (nSPS) is 13.9. The lowest BCUT2D eigenvalue weighted by Crippen LogP contribution is -2.10. The van der Waals surface area contributed by atoms with E-state index >= 15 is 0 Å². The van der Waals surface area contributed by atoms with Crippen molar-refractivity contribution in [3.63, 3.8) is 0 Å². The van der Waals surface area contributed by atoms with E-state index in [0.717, 1.165) is 27.9 Å². The van der Waals surface area contributed by atoms with Gasteiger partial charge in [0, 0.05) is 15.0 Å². The fourth-order valence-corrected chi connectivity index (χ4v) is 4.01. The summed E-state index contributed by atoms with van der Waals surface area (Å²) in [5, 5.41) is 3.55. The maximum Gasteiger partial charge on any atom is 0.265 e. The maximum absolute atomic E-state index is 12.3. The Balaban J connectivity index is 1.78. The van der Waals surface area contributed by atoms with Crippen molar-refractivity contribution >= 4 is 50.5 Å². The first-order valence-electron chi connectivity index (χ1n) is 6.51. The Morgan fingerprint density at radius 3 is 2.80 bits per heavy atom. The number of fused-ring (bicyclic) bond motifs is 1. The van der Waals surface area contributed by atoms with E-state index in [4.69, 9.17) is 11.6 Å². The molecule has 1 aromatic carbocycles. The van der Waals surface area contributed by atoms with Gasteiger partial charge < -0.3 is 5.32 Å². The number of hydrogen-bond acceptors (Lipinski definition) is 2. The SMILES string of the molecule is O=C(Nc1ccc(Cl)c(Br)c1)c1cc2c(s1)CCCC2. The van der Waals surface area contributed by atoms with Crippen LogP contribution in [0.5, 0.6) is 0 Å². The minimum Gasteiger partial charge on any atom is -0.321 e. The summed E-state index contributed by atoms with van der Waals surface area (Å²) in [6.45, 7) is 0. The average molecular weight is 371 g/mol. The van der Waals surface area contributed by atoms with E-state index in [1.54, 1.807) is 23.5 Å². The Bertz CT molecular complexity index is 644. The highest BCUT2D eigenvalue weighted by atomic mass is 79.9. The molecule has 2 aromatic rings. The number of hydrogen-bond donors (Lipinski definition) is 1. The number of carbonyl (C=O) groups is 1. The van der Waals surface area contributed by atoms with E-state index in [0.29, 0.717) is 5.02 Å². The third-order valence-electron chi connectivity index (χ3n) is 3.40. The zero-order chi connectivity index (χ0) is 14.1. The fraction of sp³-hybridized carbons (Fsp3) is 0.267. The molecule has 1 heterocycles. The topological polar surface area (TPSA) is 29.1 Å². The molecule has 0 saturated carbocycles. The Labute approximate surface area is 135 Å². The van der Waals surface area contributed by atoms with E-state index in [1.165, 1.54) is 23.3 Å². The van der Waals surface area contributed by atoms with Crippen LogP contribution >= 0.6 is 38.9 Å². The Morgan fingerprint density at radius 1 is 1.25 bits per heavy atom. The number of anilines is 1. The molecule has 0 fully saturated rings. The van der Waals surface area contributed by atoms with Crippen molar-refractivity contribution in [1.82, 2.24) is 0 Å². The number of rotatable bonds is 2.